The molecule has 79 heavy (non-hydrogen) atoms. The van der Waals surface area contributed by atoms with Crippen LogP contribution in [0.3, 0.4) is 0 Å². The molecular formula is C54H86O25. The summed E-state index contributed by atoms with van der Waals surface area (Å²) in [5, 5.41) is 162. The van der Waals surface area contributed by atoms with Gasteiger partial charge in [0, 0.05) is 0 Å². The third-order valence-corrected chi connectivity index (χ3v) is 21.4. The van der Waals surface area contributed by atoms with Crippen LogP contribution in [0.25, 0.3) is 0 Å². The summed E-state index contributed by atoms with van der Waals surface area (Å²) in [5.41, 5.74) is -2.95. The molecule has 0 aromatic carbocycles. The fraction of sp³-hybridized carbons (Fsp3) is 0.926. The van der Waals surface area contributed by atoms with Crippen molar-refractivity contribution in [1.29, 1.82) is 0 Å². The number of hydrogen-bond acceptors (Lipinski definition) is 24. The highest BCUT2D eigenvalue weighted by Crippen LogP contribution is 2.76. The topological polar surface area (TPSA) is 411 Å². The molecule has 0 radical (unpaired) electrons. The molecule has 4 saturated carbocycles. The van der Waals surface area contributed by atoms with Crippen LogP contribution in [0.2, 0.25) is 0 Å². The average Bonchev–Trinajstić information content (AvgIpc) is 3.58. The second-order valence-corrected chi connectivity index (χ2v) is 26.4. The van der Waals surface area contributed by atoms with Crippen molar-refractivity contribution in [2.24, 2.45) is 50.2 Å². The number of aliphatic hydroxyl groups excluding tert-OH is 14. The van der Waals surface area contributed by atoms with Crippen LogP contribution < -0.4 is 0 Å². The van der Waals surface area contributed by atoms with Crippen molar-refractivity contribution in [3.8, 4) is 0 Å². The van der Waals surface area contributed by atoms with Crippen molar-refractivity contribution < 1.29 is 124 Å². The van der Waals surface area contributed by atoms with E-state index in [2.05, 4.69) is 40.7 Å². The lowest BCUT2D eigenvalue weighted by Crippen LogP contribution is -2.69. The molecule has 4 saturated heterocycles. The van der Waals surface area contributed by atoms with Gasteiger partial charge in [-0.2, -0.15) is 0 Å². The zero-order valence-electron chi connectivity index (χ0n) is 45.8. The Morgan fingerprint density at radius 1 is 0.557 bits per heavy atom. The molecule has 29 unspecified atom stereocenters. The Hall–Kier alpha value is -2.16. The van der Waals surface area contributed by atoms with Gasteiger partial charge < -0.3 is 114 Å². The average molecular weight is 1140 g/mol. The number of fused-ring (bicyclic) bond motifs is 7. The Balaban J connectivity index is 1.02. The predicted octanol–water partition coefficient (Wildman–Crippen LogP) is -2.97. The first kappa shape index (κ1) is 61.4. The molecule has 452 valence electrons. The van der Waals surface area contributed by atoms with Crippen LogP contribution in [0.4, 0.5) is 0 Å². The molecule has 0 amide bonds. The minimum atomic E-state index is -2.18. The summed E-state index contributed by atoms with van der Waals surface area (Å²) in [4.78, 5) is 27.8. The predicted molar refractivity (Wildman–Crippen MR) is 265 cm³/mol. The number of carboxylic acid groups (broad SMARTS) is 1. The highest BCUT2D eigenvalue weighted by atomic mass is 16.8. The fourth-order valence-electron chi connectivity index (χ4n) is 16.6. The normalized spacial score (nSPS) is 53.3. The van der Waals surface area contributed by atoms with Gasteiger partial charge in [0.25, 0.3) is 0 Å². The quantitative estimate of drug-likeness (QED) is 0.0527. The molecule has 4 heterocycles. The Morgan fingerprint density at radius 2 is 1.08 bits per heavy atom. The van der Waals surface area contributed by atoms with Crippen molar-refractivity contribution in [2.75, 3.05) is 19.8 Å². The van der Waals surface area contributed by atoms with E-state index in [0.29, 0.717) is 44.9 Å². The smallest absolute Gasteiger partial charge is 0.335 e. The van der Waals surface area contributed by atoms with Gasteiger partial charge >= 0.3 is 11.9 Å². The lowest BCUT2D eigenvalue weighted by molar-refractivity contribution is -0.396. The number of allylic oxidation sites excluding steroid dienone is 2. The number of carbonyl (C=O) groups is 2. The molecule has 0 aromatic rings. The zero-order valence-corrected chi connectivity index (χ0v) is 45.8. The Morgan fingerprint density at radius 3 is 1.61 bits per heavy atom. The third-order valence-electron chi connectivity index (χ3n) is 21.4. The van der Waals surface area contributed by atoms with Gasteiger partial charge in [0.2, 0.25) is 6.29 Å². The van der Waals surface area contributed by atoms with Gasteiger partial charge in [-0.15, -0.1) is 0 Å². The van der Waals surface area contributed by atoms with E-state index in [1.807, 2.05) is 13.8 Å². The second kappa shape index (κ2) is 22.0. The summed E-state index contributed by atoms with van der Waals surface area (Å²) in [6, 6.07) is 0. The van der Waals surface area contributed by atoms with E-state index in [-0.39, 0.29) is 30.1 Å². The second-order valence-electron chi connectivity index (χ2n) is 26.4. The molecule has 9 rings (SSSR count). The first-order valence-corrected chi connectivity index (χ1v) is 27.9. The largest absolute Gasteiger partial charge is 0.479 e. The molecule has 0 aromatic heterocycles. The number of hydrogen-bond donors (Lipinski definition) is 15. The molecule has 29 atom stereocenters. The van der Waals surface area contributed by atoms with Crippen molar-refractivity contribution >= 4 is 11.9 Å². The monoisotopic (exact) mass is 1130 g/mol. The van der Waals surface area contributed by atoms with Gasteiger partial charge in [0.15, 0.2) is 25.0 Å². The van der Waals surface area contributed by atoms with Gasteiger partial charge in [0.05, 0.1) is 32.0 Å². The highest BCUT2D eigenvalue weighted by molar-refractivity contribution is 5.80. The zero-order chi connectivity index (χ0) is 58.0. The molecule has 25 nitrogen and oxygen atoms in total. The maximum absolute atomic E-state index is 14.8. The fourth-order valence-corrected chi connectivity index (χ4v) is 16.6. The number of rotatable bonds is 12. The van der Waals surface area contributed by atoms with Crippen molar-refractivity contribution in [2.45, 2.75) is 241 Å². The first-order valence-electron chi connectivity index (χ1n) is 27.9. The van der Waals surface area contributed by atoms with Gasteiger partial charge in [-0.1, -0.05) is 60.1 Å². The van der Waals surface area contributed by atoms with Gasteiger partial charge in [-0.25, -0.2) is 4.79 Å². The van der Waals surface area contributed by atoms with Crippen LogP contribution in [0.1, 0.15) is 106 Å². The van der Waals surface area contributed by atoms with Crippen molar-refractivity contribution in [3.05, 3.63) is 11.6 Å². The molecule has 0 spiro atoms. The summed E-state index contributed by atoms with van der Waals surface area (Å²) in [5.74, 6) is -3.07. The maximum Gasteiger partial charge on any atom is 0.335 e. The number of ether oxygens (including phenoxy) is 8. The lowest BCUT2D eigenvalue weighted by atomic mass is 9.33. The summed E-state index contributed by atoms with van der Waals surface area (Å²) >= 11 is 0. The van der Waals surface area contributed by atoms with E-state index in [4.69, 9.17) is 37.9 Å². The van der Waals surface area contributed by atoms with Crippen LogP contribution in [0, 0.1) is 50.2 Å². The van der Waals surface area contributed by atoms with Gasteiger partial charge in [-0.05, 0) is 103 Å². The minimum absolute atomic E-state index is 0.00106. The van der Waals surface area contributed by atoms with Gasteiger partial charge in [0.1, 0.15) is 97.0 Å². The van der Waals surface area contributed by atoms with E-state index in [1.165, 1.54) is 0 Å². The molecule has 0 bridgehead atoms. The molecule has 5 aliphatic carbocycles. The highest BCUT2D eigenvalue weighted by Gasteiger charge is 2.72. The summed E-state index contributed by atoms with van der Waals surface area (Å²) in [7, 11) is 0. The van der Waals surface area contributed by atoms with Crippen LogP contribution in [0.5, 0.6) is 0 Å². The number of aliphatic hydroxyl groups is 14. The van der Waals surface area contributed by atoms with Crippen LogP contribution >= 0.6 is 0 Å². The van der Waals surface area contributed by atoms with Crippen molar-refractivity contribution in [1.82, 2.24) is 0 Å². The van der Waals surface area contributed by atoms with Crippen LogP contribution in [-0.4, -0.2) is 243 Å². The number of esters is 1. The summed E-state index contributed by atoms with van der Waals surface area (Å²) in [6.07, 6.45) is -32.1. The molecule has 8 fully saturated rings. The minimum Gasteiger partial charge on any atom is -0.479 e. The molecule has 4 aliphatic heterocycles. The summed E-state index contributed by atoms with van der Waals surface area (Å²) < 4.78 is 48.0. The lowest BCUT2D eigenvalue weighted by Gasteiger charge is -2.71. The van der Waals surface area contributed by atoms with E-state index in [9.17, 15) is 86.2 Å². The van der Waals surface area contributed by atoms with Crippen molar-refractivity contribution in [3.63, 3.8) is 0 Å². The van der Waals surface area contributed by atoms with Crippen LogP contribution in [-0.2, 0) is 47.5 Å². The Labute approximate surface area is 457 Å². The molecule has 9 aliphatic rings. The van der Waals surface area contributed by atoms with E-state index in [1.54, 1.807) is 0 Å². The summed E-state index contributed by atoms with van der Waals surface area (Å²) in [6.45, 7) is 12.6. The Kier molecular flexibility index (Phi) is 17.1. The molecular weight excluding hydrogens is 1050 g/mol. The first-order chi connectivity index (χ1) is 36.9. The number of aliphatic carboxylic acids is 1. The molecule has 15 N–H and O–H groups in total. The molecule has 25 heteroatoms. The maximum atomic E-state index is 14.8. The SMILES string of the molecule is CC1(C)CCC2(C(=O)OC3OC(CO)C(O)C(O)C3O)C(O)CC3(C)C(=CCC4C5(C)CCC(OC6OC(C(=O)O)C(O)C(OC7OC(CO)C(O)C(O)C7O)C6OC6OC(CO)C(O)C(O)C6O)C(C)(C)C5CCC43C)C2C1. The number of carbonyl (C=O) groups excluding carboxylic acids is 1. The standard InChI is InChI=1S/C54H86O25/c1-49(2)14-15-54(48(71)79-46-38(67)35(64)32(61)25(20-57)74-46)22(16-49)21-8-9-27-51(5)12-11-29(50(3,4)26(51)10-13-52(27,6)53(21,7)17-28(54)58)75-47-42(78-45-37(66)34(63)31(60)24(19-56)73-45)40(39(68)41(77-47)43(69)70)76-44-36(65)33(62)30(59)23(18-55)72-44/h8,22-42,44-47,55-68H,9-20H2,1-7H3,(H,69,70). The van der Waals surface area contributed by atoms with E-state index in [0.717, 1.165) is 5.57 Å². The van der Waals surface area contributed by atoms with Gasteiger partial charge in [-0.3, -0.25) is 4.79 Å². The van der Waals surface area contributed by atoms with Crippen LogP contribution in [0.15, 0.2) is 11.6 Å². The van der Waals surface area contributed by atoms with E-state index < -0.39 is 200 Å². The third kappa shape index (κ3) is 9.85. The van der Waals surface area contributed by atoms with E-state index >= 15 is 0 Å². The Bertz CT molecular complexity index is 2230. The number of carboxylic acids is 1.